The van der Waals surface area contributed by atoms with Crippen molar-refractivity contribution in [3.05, 3.63) is 87.2 Å². The Hall–Kier alpha value is -5.00. The zero-order valence-corrected chi connectivity index (χ0v) is 23.5. The van der Waals surface area contributed by atoms with Gasteiger partial charge in [-0.3, -0.25) is 19.2 Å². The Morgan fingerprint density at radius 3 is 2.57 bits per heavy atom. The summed E-state index contributed by atoms with van der Waals surface area (Å²) >= 11 is 0. The predicted molar refractivity (Wildman–Crippen MR) is 155 cm³/mol. The molecule has 0 atom stereocenters. The van der Waals surface area contributed by atoms with E-state index < -0.39 is 17.1 Å². The van der Waals surface area contributed by atoms with E-state index in [1.807, 2.05) is 44.2 Å². The third-order valence-electron chi connectivity index (χ3n) is 7.36. The number of nitrogens with zero attached hydrogens (tertiary/aromatic N) is 4. The van der Waals surface area contributed by atoms with E-state index in [0.717, 1.165) is 24.1 Å². The Morgan fingerprint density at radius 2 is 1.90 bits per heavy atom. The van der Waals surface area contributed by atoms with Crippen molar-refractivity contribution in [1.29, 1.82) is 0 Å². The highest BCUT2D eigenvalue weighted by molar-refractivity contribution is 6.03. The van der Waals surface area contributed by atoms with Crippen molar-refractivity contribution in [2.24, 2.45) is 5.73 Å². The number of aromatic nitrogens is 4. The van der Waals surface area contributed by atoms with Crippen LogP contribution in [0.1, 0.15) is 70.4 Å². The van der Waals surface area contributed by atoms with Gasteiger partial charge in [0.2, 0.25) is 11.3 Å². The van der Waals surface area contributed by atoms with Crippen molar-refractivity contribution in [2.75, 3.05) is 6.54 Å². The molecule has 0 radical (unpaired) electrons. The monoisotopic (exact) mass is 571 g/mol. The first-order valence-electron chi connectivity index (χ1n) is 13.8. The molecule has 2 aliphatic rings. The van der Waals surface area contributed by atoms with Crippen LogP contribution in [0, 0.1) is 0 Å². The largest absolute Gasteiger partial charge is 0.503 e. The zero-order valence-electron chi connectivity index (χ0n) is 23.5. The maximum absolute atomic E-state index is 12.7. The highest BCUT2D eigenvalue weighted by Crippen LogP contribution is 2.39. The van der Waals surface area contributed by atoms with Crippen LogP contribution in [0.15, 0.2) is 53.6 Å². The van der Waals surface area contributed by atoms with Crippen LogP contribution in [0.2, 0.25) is 0 Å². The van der Waals surface area contributed by atoms with Gasteiger partial charge >= 0.3 is 0 Å². The van der Waals surface area contributed by atoms with Crippen LogP contribution in [0.25, 0.3) is 11.2 Å². The van der Waals surface area contributed by atoms with Gasteiger partial charge in [0, 0.05) is 43.0 Å². The van der Waals surface area contributed by atoms with E-state index in [2.05, 4.69) is 20.3 Å². The Labute approximate surface area is 241 Å². The van der Waals surface area contributed by atoms with Crippen molar-refractivity contribution in [3.63, 3.8) is 0 Å². The Balaban J connectivity index is 0.000000196. The van der Waals surface area contributed by atoms with Crippen molar-refractivity contribution >= 4 is 28.9 Å². The summed E-state index contributed by atoms with van der Waals surface area (Å²) in [6, 6.07) is 10.6. The molecule has 0 spiro atoms. The van der Waals surface area contributed by atoms with Gasteiger partial charge in [-0.1, -0.05) is 30.3 Å². The first-order valence-corrected chi connectivity index (χ1v) is 13.8. The van der Waals surface area contributed by atoms with E-state index in [1.165, 1.54) is 6.07 Å². The summed E-state index contributed by atoms with van der Waals surface area (Å²) in [5.74, 6) is -1.03. The van der Waals surface area contributed by atoms with Crippen LogP contribution in [0.3, 0.4) is 0 Å². The summed E-state index contributed by atoms with van der Waals surface area (Å²) in [5.41, 5.74) is 8.60. The van der Waals surface area contributed by atoms with E-state index in [4.69, 9.17) is 5.73 Å². The molecule has 0 unspecified atom stereocenters. The number of fused-ring (bicyclic) bond motifs is 2. The molecule has 0 bridgehead atoms. The van der Waals surface area contributed by atoms with Gasteiger partial charge in [-0.2, -0.15) is 0 Å². The smallest absolute Gasteiger partial charge is 0.274 e. The summed E-state index contributed by atoms with van der Waals surface area (Å²) in [6.07, 6.45) is 5.88. The predicted octanol–water partition coefficient (Wildman–Crippen LogP) is 2.21. The van der Waals surface area contributed by atoms with Crippen LogP contribution < -0.4 is 16.5 Å². The average molecular weight is 572 g/mol. The molecule has 1 aliphatic heterocycles. The minimum absolute atomic E-state index is 0.00485. The standard InChI is InChI=1S/C20H23N3O4.C10H10N4O/c1-13(2)22-8-9-23-15(11-16(24)19(26)18(23)20(22)27)12-21-17(25)10-14-6-4-3-5-7-14;11-9(15)6-3-12-10-8(6)14-7(4-13-10)5-1-2-5/h3-7,11,13,26H,8-10,12H2,1-2H3,(H,21,25);3-5H,1-2H2,(H2,11,15)(H,12,13). The number of benzene rings is 1. The lowest BCUT2D eigenvalue weighted by molar-refractivity contribution is -0.120. The first-order chi connectivity index (χ1) is 20.1. The number of hydrogen-bond donors (Lipinski definition) is 4. The van der Waals surface area contributed by atoms with Crippen LogP contribution in [0.5, 0.6) is 5.75 Å². The third kappa shape index (κ3) is 6.02. The number of nitrogens with one attached hydrogen (secondary N) is 2. The molecule has 4 heterocycles. The molecule has 42 heavy (non-hydrogen) atoms. The normalized spacial score (nSPS) is 14.4. The number of primary amides is 1. The van der Waals surface area contributed by atoms with E-state index in [1.54, 1.807) is 21.9 Å². The molecule has 12 heteroatoms. The highest BCUT2D eigenvalue weighted by Gasteiger charge is 2.31. The van der Waals surface area contributed by atoms with Gasteiger partial charge in [0.15, 0.2) is 17.1 Å². The SMILES string of the molecule is CC(C)N1CCn2c(CNC(=O)Cc3ccccc3)cc(=O)c(O)c2C1=O.NC(=O)c1c[nH]c2ncc(C3CC3)nc12. The number of H-pyrrole nitrogens is 1. The maximum Gasteiger partial charge on any atom is 0.274 e. The molecular formula is C30H33N7O5. The van der Waals surface area contributed by atoms with E-state index >= 15 is 0 Å². The topological polar surface area (TPSA) is 176 Å². The number of carbonyl (C=O) groups excluding carboxylic acids is 3. The molecule has 4 aromatic rings. The van der Waals surface area contributed by atoms with Gasteiger partial charge in [-0.25, -0.2) is 9.97 Å². The minimum Gasteiger partial charge on any atom is -0.503 e. The molecule has 12 nitrogen and oxygen atoms in total. The van der Waals surface area contributed by atoms with Crippen molar-refractivity contribution < 1.29 is 19.5 Å². The molecule has 5 N–H and O–H groups in total. The summed E-state index contributed by atoms with van der Waals surface area (Å²) in [6.45, 7) is 4.82. The number of aromatic amines is 1. The first kappa shape index (κ1) is 28.5. The molecule has 3 aromatic heterocycles. The Bertz CT molecular complexity index is 1710. The van der Waals surface area contributed by atoms with Crippen molar-refractivity contribution in [3.8, 4) is 5.75 Å². The van der Waals surface area contributed by atoms with Gasteiger partial charge in [-0.05, 0) is 32.3 Å². The second-order valence-corrected chi connectivity index (χ2v) is 10.7. The molecule has 1 aromatic carbocycles. The van der Waals surface area contributed by atoms with Crippen LogP contribution in [-0.2, 0) is 24.3 Å². The Morgan fingerprint density at radius 1 is 1.17 bits per heavy atom. The van der Waals surface area contributed by atoms with Crippen molar-refractivity contribution in [1.82, 2.24) is 29.7 Å². The number of aromatic hydroxyl groups is 1. The third-order valence-corrected chi connectivity index (χ3v) is 7.36. The second kappa shape index (κ2) is 11.9. The van der Waals surface area contributed by atoms with Crippen LogP contribution in [-0.4, -0.2) is 59.8 Å². The Kier molecular flexibility index (Phi) is 8.05. The fourth-order valence-electron chi connectivity index (χ4n) is 4.94. The van der Waals surface area contributed by atoms with E-state index in [9.17, 15) is 24.3 Å². The van der Waals surface area contributed by atoms with Crippen LogP contribution in [0.4, 0.5) is 0 Å². The number of carbonyl (C=O) groups is 3. The molecular weight excluding hydrogens is 538 g/mol. The van der Waals surface area contributed by atoms with Gasteiger partial charge in [0.25, 0.3) is 11.8 Å². The summed E-state index contributed by atoms with van der Waals surface area (Å²) in [7, 11) is 0. The van der Waals surface area contributed by atoms with Gasteiger partial charge in [0.05, 0.1) is 30.4 Å². The number of amides is 3. The van der Waals surface area contributed by atoms with Gasteiger partial charge in [0.1, 0.15) is 5.52 Å². The molecule has 1 aliphatic carbocycles. The second-order valence-electron chi connectivity index (χ2n) is 10.7. The fourth-order valence-corrected chi connectivity index (χ4v) is 4.94. The number of rotatable bonds is 7. The summed E-state index contributed by atoms with van der Waals surface area (Å²) in [5, 5.41) is 12.9. The molecule has 1 fully saturated rings. The maximum atomic E-state index is 12.7. The minimum atomic E-state index is -0.618. The number of hydrogen-bond acceptors (Lipinski definition) is 7. The highest BCUT2D eigenvalue weighted by atomic mass is 16.3. The van der Waals surface area contributed by atoms with Crippen LogP contribution >= 0.6 is 0 Å². The molecule has 0 saturated heterocycles. The molecule has 1 saturated carbocycles. The summed E-state index contributed by atoms with van der Waals surface area (Å²) in [4.78, 5) is 61.2. The summed E-state index contributed by atoms with van der Waals surface area (Å²) < 4.78 is 1.63. The average Bonchev–Trinajstić information content (AvgIpc) is 3.73. The molecule has 6 rings (SSSR count). The lowest BCUT2D eigenvalue weighted by Gasteiger charge is -2.34. The fraction of sp³-hybridized carbons (Fsp3) is 0.333. The lowest BCUT2D eigenvalue weighted by atomic mass is 10.1. The van der Waals surface area contributed by atoms with Gasteiger partial charge < -0.3 is 30.6 Å². The zero-order chi connectivity index (χ0) is 30.0. The van der Waals surface area contributed by atoms with E-state index in [-0.39, 0.29) is 36.5 Å². The number of pyridine rings is 1. The van der Waals surface area contributed by atoms with Crippen molar-refractivity contribution in [2.45, 2.75) is 58.2 Å². The lowest BCUT2D eigenvalue weighted by Crippen LogP contribution is -2.46. The molecule has 3 amide bonds. The quantitative estimate of drug-likeness (QED) is 0.263. The molecule has 218 valence electrons. The number of nitrogens with two attached hydrogens (primary N) is 1. The van der Waals surface area contributed by atoms with Gasteiger partial charge in [-0.15, -0.1) is 0 Å². The van der Waals surface area contributed by atoms with E-state index in [0.29, 0.717) is 41.4 Å².